The number of anilines is 1. The van der Waals surface area contributed by atoms with E-state index in [1.807, 2.05) is 30.3 Å². The van der Waals surface area contributed by atoms with Gasteiger partial charge in [0.05, 0.1) is 27.2 Å². The fourth-order valence-electron chi connectivity index (χ4n) is 3.25. The lowest BCUT2D eigenvalue weighted by Crippen LogP contribution is -2.29. The van der Waals surface area contributed by atoms with Gasteiger partial charge in [-0.05, 0) is 48.2 Å². The number of hydrogen-bond acceptors (Lipinski definition) is 3. The molecule has 0 bridgehead atoms. The first-order chi connectivity index (χ1) is 14.8. The van der Waals surface area contributed by atoms with Crippen molar-refractivity contribution in [1.82, 2.24) is 5.32 Å². The number of nitrogens with one attached hydrogen (secondary N) is 2. The van der Waals surface area contributed by atoms with Crippen molar-refractivity contribution in [3.05, 3.63) is 95.0 Å². The van der Waals surface area contributed by atoms with Gasteiger partial charge in [-0.15, -0.1) is 0 Å². The molecule has 0 aliphatic heterocycles. The first kappa shape index (κ1) is 22.8. The van der Waals surface area contributed by atoms with Crippen LogP contribution in [0.5, 0.6) is 0 Å². The van der Waals surface area contributed by atoms with E-state index in [2.05, 4.69) is 23.9 Å². The van der Waals surface area contributed by atoms with Gasteiger partial charge >= 0.3 is 0 Å². The molecule has 5 nitrogen and oxygen atoms in total. The summed E-state index contributed by atoms with van der Waals surface area (Å²) >= 11 is 6.34. The maximum atomic E-state index is 12.9. The Morgan fingerprint density at radius 2 is 1.55 bits per heavy atom. The smallest absolute Gasteiger partial charge is 0.261 e. The lowest BCUT2D eigenvalue weighted by Gasteiger charge is -2.21. The quantitative estimate of drug-likeness (QED) is 0.459. The Bertz CT molecular complexity index is 1130. The van der Waals surface area contributed by atoms with Gasteiger partial charge in [0.15, 0.2) is 0 Å². The number of rotatable bonds is 8. The van der Waals surface area contributed by atoms with Gasteiger partial charge < -0.3 is 5.32 Å². The number of carbonyl (C=O) groups excluding carboxylic acids is 1. The second-order valence-corrected chi connectivity index (χ2v) is 9.77. The average molecular weight is 457 g/mol. The van der Waals surface area contributed by atoms with Crippen molar-refractivity contribution >= 4 is 33.2 Å². The van der Waals surface area contributed by atoms with Crippen molar-refractivity contribution in [3.8, 4) is 0 Å². The summed E-state index contributed by atoms with van der Waals surface area (Å²) in [5.74, 6) is 0.0766. The molecule has 31 heavy (non-hydrogen) atoms. The normalized spacial score (nSPS) is 12.4. The molecule has 1 unspecified atom stereocenters. The van der Waals surface area contributed by atoms with Crippen LogP contribution in [0.25, 0.3) is 0 Å². The monoisotopic (exact) mass is 456 g/mol. The Balaban J connectivity index is 1.78. The van der Waals surface area contributed by atoms with E-state index in [-0.39, 0.29) is 33.1 Å². The molecular weight excluding hydrogens is 432 g/mol. The molecule has 3 rings (SSSR count). The molecule has 0 aromatic heterocycles. The maximum Gasteiger partial charge on any atom is 0.261 e. The highest BCUT2D eigenvalue weighted by Crippen LogP contribution is 2.26. The molecule has 0 aliphatic carbocycles. The van der Waals surface area contributed by atoms with Gasteiger partial charge in [-0.1, -0.05) is 74.0 Å². The summed E-state index contributed by atoms with van der Waals surface area (Å²) < 4.78 is 27.5. The molecule has 3 aromatic rings. The summed E-state index contributed by atoms with van der Waals surface area (Å²) in [6, 6.07) is 22.2. The SMILES string of the molecule is CC(C)CC(NC(=O)c1ccc(NS(=O)(=O)c2ccccc2)cc1Cl)c1ccccc1. The minimum absolute atomic E-state index is 0.146. The van der Waals surface area contributed by atoms with Gasteiger partial charge in [-0.25, -0.2) is 8.42 Å². The summed E-state index contributed by atoms with van der Waals surface area (Å²) in [6.45, 7) is 4.20. The van der Waals surface area contributed by atoms with Crippen LogP contribution in [0.3, 0.4) is 0 Å². The van der Waals surface area contributed by atoms with Crippen molar-refractivity contribution in [3.63, 3.8) is 0 Å². The summed E-state index contributed by atoms with van der Waals surface area (Å²) in [7, 11) is -3.74. The molecular formula is C24H25ClN2O3S. The highest BCUT2D eigenvalue weighted by molar-refractivity contribution is 7.92. The molecule has 0 fully saturated rings. The third kappa shape index (κ3) is 6.09. The molecule has 0 saturated carbocycles. The molecule has 0 aliphatic rings. The van der Waals surface area contributed by atoms with Gasteiger partial charge in [-0.2, -0.15) is 0 Å². The zero-order chi connectivity index (χ0) is 22.4. The third-order valence-electron chi connectivity index (χ3n) is 4.73. The molecule has 2 N–H and O–H groups in total. The first-order valence-electron chi connectivity index (χ1n) is 9.99. The van der Waals surface area contributed by atoms with Crippen LogP contribution >= 0.6 is 11.6 Å². The summed E-state index contributed by atoms with van der Waals surface area (Å²) in [4.78, 5) is 13.1. The van der Waals surface area contributed by atoms with Crippen molar-refractivity contribution in [1.29, 1.82) is 0 Å². The fraction of sp³-hybridized carbons (Fsp3) is 0.208. The minimum atomic E-state index is -3.74. The van der Waals surface area contributed by atoms with Gasteiger partial charge in [0.1, 0.15) is 0 Å². The van der Waals surface area contributed by atoms with Crippen LogP contribution in [0, 0.1) is 5.92 Å². The molecule has 0 heterocycles. The van der Waals surface area contributed by atoms with E-state index >= 15 is 0 Å². The number of amides is 1. The lowest BCUT2D eigenvalue weighted by atomic mass is 9.96. The van der Waals surface area contributed by atoms with E-state index in [0.717, 1.165) is 12.0 Å². The van der Waals surface area contributed by atoms with Crippen LogP contribution in [0.4, 0.5) is 5.69 Å². The molecule has 1 amide bonds. The van der Waals surface area contributed by atoms with Gasteiger partial charge in [0.25, 0.3) is 15.9 Å². The van der Waals surface area contributed by atoms with E-state index in [1.54, 1.807) is 18.2 Å². The summed E-state index contributed by atoms with van der Waals surface area (Å²) in [6.07, 6.45) is 0.780. The number of carbonyl (C=O) groups is 1. The number of hydrogen-bond donors (Lipinski definition) is 2. The highest BCUT2D eigenvalue weighted by Gasteiger charge is 2.20. The Labute approximate surface area is 188 Å². The molecule has 162 valence electrons. The van der Waals surface area contributed by atoms with Crippen molar-refractivity contribution in [2.24, 2.45) is 5.92 Å². The number of benzene rings is 3. The fourth-order valence-corrected chi connectivity index (χ4v) is 4.58. The second-order valence-electron chi connectivity index (χ2n) is 7.68. The minimum Gasteiger partial charge on any atom is -0.345 e. The highest BCUT2D eigenvalue weighted by atomic mass is 35.5. The molecule has 7 heteroatoms. The number of sulfonamides is 1. The predicted octanol–water partition coefficient (Wildman–Crippen LogP) is 5.66. The van der Waals surface area contributed by atoms with Crippen LogP contribution in [0.1, 0.15) is 42.2 Å². The second kappa shape index (κ2) is 9.98. The Morgan fingerprint density at radius 1 is 0.935 bits per heavy atom. The topological polar surface area (TPSA) is 75.3 Å². The van der Waals surface area contributed by atoms with Gasteiger partial charge in [0, 0.05) is 0 Å². The molecule has 0 radical (unpaired) electrons. The van der Waals surface area contributed by atoms with Crippen LogP contribution in [0.2, 0.25) is 5.02 Å². The molecule has 0 spiro atoms. The zero-order valence-corrected chi connectivity index (χ0v) is 19.0. The standard InChI is InChI=1S/C24H25ClN2O3S/c1-17(2)15-23(18-9-5-3-6-10-18)26-24(28)21-14-13-19(16-22(21)25)27-31(29,30)20-11-7-4-8-12-20/h3-14,16-17,23,27H,15H2,1-2H3,(H,26,28). The third-order valence-corrected chi connectivity index (χ3v) is 6.44. The van der Waals surface area contributed by atoms with Gasteiger partial charge in [-0.3, -0.25) is 9.52 Å². The molecule has 1 atom stereocenters. The van der Waals surface area contributed by atoms with Crippen LogP contribution in [-0.2, 0) is 10.0 Å². The summed E-state index contributed by atoms with van der Waals surface area (Å²) in [5, 5.41) is 3.22. The Morgan fingerprint density at radius 3 is 2.13 bits per heavy atom. The zero-order valence-electron chi connectivity index (χ0n) is 17.4. The lowest BCUT2D eigenvalue weighted by molar-refractivity contribution is 0.0932. The van der Waals surface area contributed by atoms with Gasteiger partial charge in [0.2, 0.25) is 0 Å². The van der Waals surface area contributed by atoms with Crippen molar-refractivity contribution in [2.75, 3.05) is 4.72 Å². The van der Waals surface area contributed by atoms with Crippen molar-refractivity contribution < 1.29 is 13.2 Å². The predicted molar refractivity (Wildman–Crippen MR) is 125 cm³/mol. The summed E-state index contributed by atoms with van der Waals surface area (Å²) in [5.41, 5.74) is 1.59. The van der Waals surface area contributed by atoms with E-state index in [9.17, 15) is 13.2 Å². The van der Waals surface area contributed by atoms with E-state index in [1.165, 1.54) is 30.3 Å². The maximum absolute atomic E-state index is 12.9. The molecule has 3 aromatic carbocycles. The van der Waals surface area contributed by atoms with E-state index in [0.29, 0.717) is 5.92 Å². The van der Waals surface area contributed by atoms with E-state index in [4.69, 9.17) is 11.6 Å². The van der Waals surface area contributed by atoms with Crippen molar-refractivity contribution in [2.45, 2.75) is 31.2 Å². The first-order valence-corrected chi connectivity index (χ1v) is 11.9. The number of halogens is 1. The van der Waals surface area contributed by atoms with E-state index < -0.39 is 10.0 Å². The largest absolute Gasteiger partial charge is 0.345 e. The Hall–Kier alpha value is -2.83. The molecule has 0 saturated heterocycles. The van der Waals surface area contributed by atoms with Crippen LogP contribution in [-0.4, -0.2) is 14.3 Å². The Kier molecular flexibility index (Phi) is 7.36. The van der Waals surface area contributed by atoms with Crippen LogP contribution < -0.4 is 10.0 Å². The average Bonchev–Trinajstić information content (AvgIpc) is 2.74. The van der Waals surface area contributed by atoms with Crippen LogP contribution in [0.15, 0.2) is 83.8 Å².